The Morgan fingerprint density at radius 2 is 1.57 bits per heavy atom. The largest absolute Gasteiger partial charge is 0.393 e. The Balaban J connectivity index is -0.00000200. The summed E-state index contributed by atoms with van der Waals surface area (Å²) in [6, 6.07) is 0. The number of nitrogens with two attached hydrogens (primary N) is 1. The summed E-state index contributed by atoms with van der Waals surface area (Å²) in [5.41, 5.74) is 5.09. The monoisotopic (exact) mass is 343 g/mol. The number of rotatable bonds is 15. The molecular formula is C18H35NNa2O2. The molecule has 23 heavy (non-hydrogen) atoms. The molecule has 0 aromatic carbocycles. The van der Waals surface area contributed by atoms with Gasteiger partial charge in [0.15, 0.2) is 0 Å². The fourth-order valence-corrected chi connectivity index (χ4v) is 2.39. The van der Waals surface area contributed by atoms with Crippen LogP contribution < -0.4 is 5.73 Å². The minimum Gasteiger partial charge on any atom is -0.393 e. The van der Waals surface area contributed by atoms with Crippen molar-refractivity contribution in [3.63, 3.8) is 0 Å². The first-order valence-electron chi connectivity index (χ1n) is 8.78. The summed E-state index contributed by atoms with van der Waals surface area (Å²) >= 11 is 0. The predicted molar refractivity (Wildman–Crippen MR) is 102 cm³/mol. The van der Waals surface area contributed by atoms with Crippen molar-refractivity contribution in [3.05, 3.63) is 12.2 Å². The number of carbonyl (C=O) groups excluding carboxylic acids is 1. The van der Waals surface area contributed by atoms with Gasteiger partial charge in [-0.15, -0.1) is 0 Å². The van der Waals surface area contributed by atoms with Gasteiger partial charge in [-0.3, -0.25) is 4.79 Å². The Bertz CT molecular complexity index is 274. The van der Waals surface area contributed by atoms with E-state index in [0.29, 0.717) is 6.42 Å². The van der Waals surface area contributed by atoms with Crippen molar-refractivity contribution in [2.75, 3.05) is 0 Å². The maximum Gasteiger partial charge on any atom is 0.217 e. The molecule has 0 aromatic rings. The molecule has 126 valence electrons. The average molecular weight is 343 g/mol. The summed E-state index contributed by atoms with van der Waals surface area (Å²) in [6.07, 6.45) is 18.0. The van der Waals surface area contributed by atoms with E-state index in [1.807, 2.05) is 0 Å². The minimum absolute atomic E-state index is 0. The number of hydrogen-bond acceptors (Lipinski definition) is 2. The van der Waals surface area contributed by atoms with Crippen LogP contribution in [0.1, 0.15) is 90.4 Å². The molecule has 0 aromatic heterocycles. The van der Waals surface area contributed by atoms with Crippen molar-refractivity contribution < 1.29 is 9.90 Å². The molecule has 1 amide bonds. The molecule has 0 saturated carbocycles. The third-order valence-corrected chi connectivity index (χ3v) is 3.76. The molecule has 0 rings (SSSR count). The van der Waals surface area contributed by atoms with Gasteiger partial charge < -0.3 is 10.8 Å². The minimum atomic E-state index is -0.189. The number of hydrogen-bond donors (Lipinski definition) is 2. The molecule has 0 heterocycles. The maximum atomic E-state index is 10.6. The van der Waals surface area contributed by atoms with Crippen LogP contribution in [0, 0.1) is 0 Å². The van der Waals surface area contributed by atoms with Crippen molar-refractivity contribution in [1.82, 2.24) is 0 Å². The van der Waals surface area contributed by atoms with Crippen molar-refractivity contribution in [3.8, 4) is 0 Å². The van der Waals surface area contributed by atoms with Gasteiger partial charge >= 0.3 is 0 Å². The molecule has 0 unspecified atom stereocenters. The molecule has 0 saturated heterocycles. The topological polar surface area (TPSA) is 63.3 Å². The second-order valence-corrected chi connectivity index (χ2v) is 5.98. The maximum absolute atomic E-state index is 10.6. The van der Waals surface area contributed by atoms with E-state index in [1.54, 1.807) is 0 Å². The SMILES string of the molecule is CCCCCC[C@@H](O)C/C=C\CCCCCCCC(N)=O.[Na].[Na]. The van der Waals surface area contributed by atoms with E-state index in [1.165, 1.54) is 38.5 Å². The molecular weight excluding hydrogens is 308 g/mol. The van der Waals surface area contributed by atoms with Gasteiger partial charge in [0.05, 0.1) is 6.10 Å². The summed E-state index contributed by atoms with van der Waals surface area (Å²) in [5.74, 6) is -0.189. The van der Waals surface area contributed by atoms with Gasteiger partial charge in [0.1, 0.15) is 0 Å². The number of allylic oxidation sites excluding steroid dienone is 1. The molecule has 3 N–H and O–H groups in total. The Hall–Kier alpha value is 1.17. The van der Waals surface area contributed by atoms with E-state index in [9.17, 15) is 9.90 Å². The van der Waals surface area contributed by atoms with E-state index < -0.39 is 0 Å². The first kappa shape index (κ1) is 29.0. The first-order chi connectivity index (χ1) is 10.2. The van der Waals surface area contributed by atoms with Gasteiger partial charge in [-0.05, 0) is 32.1 Å². The van der Waals surface area contributed by atoms with Gasteiger partial charge in [-0.1, -0.05) is 64.0 Å². The molecule has 2 radical (unpaired) electrons. The van der Waals surface area contributed by atoms with E-state index in [-0.39, 0.29) is 71.1 Å². The normalized spacial score (nSPS) is 11.7. The number of amides is 1. The molecule has 0 bridgehead atoms. The summed E-state index contributed by atoms with van der Waals surface area (Å²) < 4.78 is 0. The third kappa shape index (κ3) is 25.5. The second kappa shape index (κ2) is 23.2. The zero-order valence-corrected chi connectivity index (χ0v) is 19.9. The van der Waals surface area contributed by atoms with Crippen LogP contribution >= 0.6 is 0 Å². The van der Waals surface area contributed by atoms with Crippen molar-refractivity contribution in [1.29, 1.82) is 0 Å². The summed E-state index contributed by atoms with van der Waals surface area (Å²) in [6.45, 7) is 2.21. The quantitative estimate of drug-likeness (QED) is 0.270. The van der Waals surface area contributed by atoms with Gasteiger partial charge in [-0.2, -0.15) is 0 Å². The second-order valence-electron chi connectivity index (χ2n) is 5.98. The number of primary amides is 1. The number of aliphatic hydroxyl groups excluding tert-OH is 1. The molecule has 1 atom stereocenters. The van der Waals surface area contributed by atoms with Crippen molar-refractivity contribution in [2.45, 2.75) is 96.5 Å². The molecule has 0 aliphatic carbocycles. The van der Waals surface area contributed by atoms with Crippen molar-refractivity contribution in [2.24, 2.45) is 5.73 Å². The predicted octanol–water partition coefficient (Wildman–Crippen LogP) is 3.72. The number of carbonyl (C=O) groups is 1. The fourth-order valence-electron chi connectivity index (χ4n) is 2.39. The van der Waals surface area contributed by atoms with Gasteiger partial charge in [0, 0.05) is 65.5 Å². The Labute approximate surface area is 187 Å². The van der Waals surface area contributed by atoms with Crippen LogP contribution in [0.3, 0.4) is 0 Å². The molecule has 0 aliphatic heterocycles. The summed E-state index contributed by atoms with van der Waals surface area (Å²) in [4.78, 5) is 10.6. The van der Waals surface area contributed by atoms with Gasteiger partial charge in [0.2, 0.25) is 5.91 Å². The Morgan fingerprint density at radius 1 is 0.957 bits per heavy atom. The summed E-state index contributed by atoms with van der Waals surface area (Å²) in [7, 11) is 0. The van der Waals surface area contributed by atoms with Crippen LogP contribution in [-0.4, -0.2) is 76.2 Å². The standard InChI is InChI=1S/C18H35NO2.2Na/c1-2-3-4-11-14-17(20)15-12-9-7-5-6-8-10-13-16-18(19)21;;/h9,12,17,20H,2-8,10-11,13-16H2,1H3,(H2,19,21);;/b12-9-;;/t17-;;/m1../s1. The smallest absolute Gasteiger partial charge is 0.217 e. The summed E-state index contributed by atoms with van der Waals surface area (Å²) in [5, 5.41) is 9.80. The average Bonchev–Trinajstić information content (AvgIpc) is 2.45. The van der Waals surface area contributed by atoms with Crippen LogP contribution in [-0.2, 0) is 4.79 Å². The van der Waals surface area contributed by atoms with Crippen LogP contribution in [0.25, 0.3) is 0 Å². The molecule has 0 aliphatic rings. The number of unbranched alkanes of at least 4 members (excludes halogenated alkanes) is 8. The molecule has 0 fully saturated rings. The van der Waals surface area contributed by atoms with Crippen LogP contribution in [0.5, 0.6) is 0 Å². The van der Waals surface area contributed by atoms with Crippen LogP contribution in [0.4, 0.5) is 0 Å². The molecule has 0 spiro atoms. The molecule has 5 heteroatoms. The zero-order valence-electron chi connectivity index (χ0n) is 15.9. The Morgan fingerprint density at radius 3 is 2.22 bits per heavy atom. The third-order valence-electron chi connectivity index (χ3n) is 3.76. The molecule has 3 nitrogen and oxygen atoms in total. The van der Waals surface area contributed by atoms with Gasteiger partial charge in [0.25, 0.3) is 0 Å². The number of aliphatic hydroxyl groups is 1. The van der Waals surface area contributed by atoms with E-state index in [4.69, 9.17) is 5.73 Å². The van der Waals surface area contributed by atoms with Crippen molar-refractivity contribution >= 4 is 65.0 Å². The van der Waals surface area contributed by atoms with E-state index >= 15 is 0 Å². The zero-order chi connectivity index (χ0) is 15.8. The van der Waals surface area contributed by atoms with Gasteiger partial charge in [-0.25, -0.2) is 0 Å². The van der Waals surface area contributed by atoms with E-state index in [2.05, 4.69) is 19.1 Å². The fraction of sp³-hybridized carbons (Fsp3) is 0.833. The Kier molecular flexibility index (Phi) is 29.2. The van der Waals surface area contributed by atoms with E-state index in [0.717, 1.165) is 38.5 Å². The van der Waals surface area contributed by atoms with Crippen LogP contribution in [0.2, 0.25) is 0 Å². The first-order valence-corrected chi connectivity index (χ1v) is 8.78. The van der Waals surface area contributed by atoms with Crippen LogP contribution in [0.15, 0.2) is 12.2 Å².